The number of fused-ring (bicyclic) bond motifs is 2. The van der Waals surface area contributed by atoms with Crippen LogP contribution in [0.2, 0.25) is 5.02 Å². The van der Waals surface area contributed by atoms with Crippen LogP contribution in [-0.2, 0) is 13.2 Å². The zero-order valence-electron chi connectivity index (χ0n) is 15.8. The molecule has 2 atom stereocenters. The van der Waals surface area contributed by atoms with Crippen molar-refractivity contribution in [2.24, 2.45) is 17.6 Å². The van der Waals surface area contributed by atoms with E-state index in [1.54, 1.807) is 10.9 Å². The van der Waals surface area contributed by atoms with Crippen LogP contribution in [0.3, 0.4) is 0 Å². The molecule has 1 aromatic carbocycles. The molecular weight excluding hydrogens is 372 g/mol. The molecule has 0 saturated heterocycles. The molecule has 0 fully saturated rings. The molecule has 4 rings (SSSR count). The lowest BCUT2D eigenvalue weighted by molar-refractivity contribution is 0.276. The van der Waals surface area contributed by atoms with E-state index in [1.165, 1.54) is 11.1 Å². The van der Waals surface area contributed by atoms with Gasteiger partial charge in [0.15, 0.2) is 0 Å². The van der Waals surface area contributed by atoms with Crippen LogP contribution in [0, 0.1) is 11.8 Å². The average Bonchev–Trinajstić information content (AvgIpc) is 3.14. The number of aliphatic hydroxyl groups is 1. The van der Waals surface area contributed by atoms with Crippen LogP contribution in [0.25, 0.3) is 12.3 Å². The second-order valence-electron chi connectivity index (χ2n) is 7.71. The van der Waals surface area contributed by atoms with Gasteiger partial charge in [0.05, 0.1) is 12.8 Å². The highest BCUT2D eigenvalue weighted by molar-refractivity contribution is 6.30. The van der Waals surface area contributed by atoms with Gasteiger partial charge in [-0.2, -0.15) is 0 Å². The third kappa shape index (κ3) is 3.91. The highest BCUT2D eigenvalue weighted by Gasteiger charge is 2.29. The molecule has 0 saturated carbocycles. The summed E-state index contributed by atoms with van der Waals surface area (Å²) in [7, 11) is 0. The molecule has 0 aliphatic heterocycles. The van der Waals surface area contributed by atoms with Crippen molar-refractivity contribution in [3.05, 3.63) is 68.8 Å². The van der Waals surface area contributed by atoms with E-state index in [0.29, 0.717) is 22.6 Å². The summed E-state index contributed by atoms with van der Waals surface area (Å²) >= 11 is 6.07. The number of aliphatic hydroxyl groups excluding tert-OH is 1. The van der Waals surface area contributed by atoms with E-state index in [4.69, 9.17) is 22.4 Å². The lowest BCUT2D eigenvalue weighted by Gasteiger charge is -2.34. The first-order chi connectivity index (χ1) is 13.5. The molecule has 146 valence electrons. The molecule has 1 aromatic heterocycles. The number of nitrogens with two attached hydrogens (primary N) is 1. The zero-order valence-corrected chi connectivity index (χ0v) is 16.6. The van der Waals surface area contributed by atoms with Crippen molar-refractivity contribution in [1.29, 1.82) is 0 Å². The molecule has 28 heavy (non-hydrogen) atoms. The van der Waals surface area contributed by atoms with Crippen molar-refractivity contribution >= 4 is 23.9 Å². The molecule has 2 aliphatic carbocycles. The largest absolute Gasteiger partial charge is 0.398 e. The van der Waals surface area contributed by atoms with E-state index in [9.17, 15) is 0 Å². The number of halogens is 1. The highest BCUT2D eigenvalue weighted by atomic mass is 35.5. The summed E-state index contributed by atoms with van der Waals surface area (Å²) in [6, 6.07) is 5.70. The van der Waals surface area contributed by atoms with Crippen LogP contribution >= 0.6 is 11.6 Å². The van der Waals surface area contributed by atoms with Gasteiger partial charge in [-0.05, 0) is 60.4 Å². The lowest BCUT2D eigenvalue weighted by atomic mass is 9.71. The summed E-state index contributed by atoms with van der Waals surface area (Å²) in [5.41, 5.74) is 10.7. The second-order valence-corrected chi connectivity index (χ2v) is 8.15. The van der Waals surface area contributed by atoms with Gasteiger partial charge in [-0.25, -0.2) is 0 Å². The number of hydrogen-bond acceptors (Lipinski definition) is 4. The van der Waals surface area contributed by atoms with Gasteiger partial charge in [0.1, 0.15) is 5.69 Å². The van der Waals surface area contributed by atoms with Gasteiger partial charge in [-0.1, -0.05) is 47.2 Å². The molecule has 3 N–H and O–H groups in total. The van der Waals surface area contributed by atoms with Gasteiger partial charge >= 0.3 is 0 Å². The predicted octanol–water partition coefficient (Wildman–Crippen LogP) is 2.27. The SMILES string of the molecule is C=c1cc(Cl)cc/c1=C(\N)C1=CCC2C=C(CCn3cc(CO)nn3)CC1C2. The molecule has 5 nitrogen and oxygen atoms in total. The van der Waals surface area contributed by atoms with Gasteiger partial charge in [-0.15, -0.1) is 5.10 Å². The number of aromatic nitrogens is 3. The minimum atomic E-state index is -0.0743. The van der Waals surface area contributed by atoms with Crippen LogP contribution in [0.15, 0.2) is 47.7 Å². The topological polar surface area (TPSA) is 77.0 Å². The molecular formula is C22H25ClN4O. The first kappa shape index (κ1) is 19.0. The molecule has 2 aliphatic rings. The number of rotatable bonds is 5. The Labute approximate surface area is 169 Å². The van der Waals surface area contributed by atoms with Crippen LogP contribution in [0.1, 0.15) is 31.4 Å². The van der Waals surface area contributed by atoms with Crippen molar-refractivity contribution in [3.8, 4) is 0 Å². The summed E-state index contributed by atoms with van der Waals surface area (Å²) in [4.78, 5) is 0. The summed E-state index contributed by atoms with van der Waals surface area (Å²) in [5, 5.41) is 19.7. The number of nitrogens with zero attached hydrogens (tertiary/aromatic N) is 3. The Kier molecular flexibility index (Phi) is 5.38. The Bertz CT molecular complexity index is 1050. The minimum Gasteiger partial charge on any atom is -0.398 e. The van der Waals surface area contributed by atoms with E-state index >= 15 is 0 Å². The average molecular weight is 397 g/mol. The van der Waals surface area contributed by atoms with Crippen LogP contribution in [0.5, 0.6) is 0 Å². The molecule has 2 aromatic rings. The number of aryl methyl sites for hydroxylation is 1. The van der Waals surface area contributed by atoms with Crippen LogP contribution in [-0.4, -0.2) is 20.1 Å². The zero-order chi connectivity index (χ0) is 19.7. The fourth-order valence-corrected chi connectivity index (χ4v) is 4.55. The van der Waals surface area contributed by atoms with Crippen molar-refractivity contribution in [3.63, 3.8) is 0 Å². The normalized spacial score (nSPS) is 22.5. The molecule has 2 unspecified atom stereocenters. The van der Waals surface area contributed by atoms with Crippen molar-refractivity contribution in [2.75, 3.05) is 0 Å². The Hall–Kier alpha value is -2.37. The first-order valence-corrected chi connectivity index (χ1v) is 10.1. The van der Waals surface area contributed by atoms with Gasteiger partial charge in [0.2, 0.25) is 0 Å². The monoisotopic (exact) mass is 396 g/mol. The fourth-order valence-electron chi connectivity index (χ4n) is 4.36. The third-order valence-corrected chi connectivity index (χ3v) is 5.96. The summed E-state index contributed by atoms with van der Waals surface area (Å²) in [5.74, 6) is 1.02. The Balaban J connectivity index is 1.52. The molecule has 2 bridgehead atoms. The van der Waals surface area contributed by atoms with E-state index in [0.717, 1.165) is 48.4 Å². The van der Waals surface area contributed by atoms with Gasteiger partial charge < -0.3 is 10.8 Å². The lowest BCUT2D eigenvalue weighted by Crippen LogP contribution is -2.32. The quantitative estimate of drug-likeness (QED) is 0.760. The molecule has 6 heteroatoms. The molecule has 0 spiro atoms. The van der Waals surface area contributed by atoms with E-state index in [-0.39, 0.29) is 6.61 Å². The summed E-state index contributed by atoms with van der Waals surface area (Å²) < 4.78 is 1.80. The van der Waals surface area contributed by atoms with Crippen molar-refractivity contribution < 1.29 is 5.11 Å². The summed E-state index contributed by atoms with van der Waals surface area (Å²) in [6.45, 7) is 4.81. The molecule has 0 radical (unpaired) electrons. The van der Waals surface area contributed by atoms with Gasteiger partial charge in [0, 0.05) is 22.5 Å². The van der Waals surface area contributed by atoms with E-state index < -0.39 is 0 Å². The van der Waals surface area contributed by atoms with Crippen molar-refractivity contribution in [1.82, 2.24) is 15.0 Å². The Morgan fingerprint density at radius 1 is 1.39 bits per heavy atom. The van der Waals surface area contributed by atoms with E-state index in [2.05, 4.69) is 29.0 Å². The van der Waals surface area contributed by atoms with E-state index in [1.807, 2.05) is 18.2 Å². The third-order valence-electron chi connectivity index (χ3n) is 5.73. The van der Waals surface area contributed by atoms with Crippen LogP contribution < -0.4 is 16.2 Å². The van der Waals surface area contributed by atoms with Crippen LogP contribution in [0.4, 0.5) is 0 Å². The number of allylic oxidation sites excluding steroid dienone is 3. The maximum Gasteiger partial charge on any atom is 0.108 e. The molecule has 1 heterocycles. The van der Waals surface area contributed by atoms with Gasteiger partial charge in [0.25, 0.3) is 0 Å². The van der Waals surface area contributed by atoms with Gasteiger partial charge in [-0.3, -0.25) is 4.68 Å². The molecule has 0 amide bonds. The Morgan fingerprint density at radius 3 is 3.00 bits per heavy atom. The number of benzene rings is 1. The highest BCUT2D eigenvalue weighted by Crippen LogP contribution is 2.41. The van der Waals surface area contributed by atoms with Crippen molar-refractivity contribution in [2.45, 2.75) is 38.8 Å². The minimum absolute atomic E-state index is 0.0743. The smallest absolute Gasteiger partial charge is 0.108 e. The Morgan fingerprint density at radius 2 is 2.25 bits per heavy atom. The maximum atomic E-state index is 9.13. The maximum absolute atomic E-state index is 9.13. The predicted molar refractivity (Wildman–Crippen MR) is 111 cm³/mol. The number of hydrogen-bond donors (Lipinski definition) is 2. The fraction of sp³-hybridized carbons (Fsp3) is 0.364. The summed E-state index contributed by atoms with van der Waals surface area (Å²) in [6.07, 6.45) is 10.7. The standard InChI is InChI=1S/C22H25ClN4O/c1-14-8-18(23)3-5-20(14)22(24)21-4-2-15-9-16(11-17(21)10-15)6-7-27-12-19(13-28)25-26-27/h3-5,8-9,12,15,17,28H,1-2,6-7,10-11,13,24H2/b22-20+. The second kappa shape index (κ2) is 7.94. The first-order valence-electron chi connectivity index (χ1n) is 9.67.